The fourth-order valence-corrected chi connectivity index (χ4v) is 4.06. The summed E-state index contributed by atoms with van der Waals surface area (Å²) in [6.07, 6.45) is 8.37. The minimum absolute atomic E-state index is 0.149. The molecule has 0 bridgehead atoms. The second-order valence-corrected chi connectivity index (χ2v) is 8.10. The molecular weight excluding hydrogens is 364 g/mol. The van der Waals surface area contributed by atoms with Crippen LogP contribution in [-0.2, 0) is 18.4 Å². The van der Waals surface area contributed by atoms with Crippen LogP contribution < -0.4 is 10.6 Å². The first-order valence-corrected chi connectivity index (χ1v) is 10.5. The van der Waals surface area contributed by atoms with Crippen molar-refractivity contribution in [2.24, 2.45) is 18.0 Å². The summed E-state index contributed by atoms with van der Waals surface area (Å²) in [5, 5.41) is 10.8. The SMILES string of the molecule is CN=C(NCc1cccc(NC(=O)C2CCC2)c1)N1CCC(c2cnn(C)c2)C1. The van der Waals surface area contributed by atoms with Crippen molar-refractivity contribution in [2.75, 3.05) is 25.5 Å². The molecule has 7 heteroatoms. The maximum Gasteiger partial charge on any atom is 0.227 e. The Hall–Kier alpha value is -2.83. The van der Waals surface area contributed by atoms with Gasteiger partial charge in [0.2, 0.25) is 5.91 Å². The van der Waals surface area contributed by atoms with Gasteiger partial charge in [-0.2, -0.15) is 5.10 Å². The van der Waals surface area contributed by atoms with Gasteiger partial charge in [0, 0.05) is 57.4 Å². The van der Waals surface area contributed by atoms with E-state index in [0.29, 0.717) is 12.5 Å². The van der Waals surface area contributed by atoms with E-state index in [1.807, 2.05) is 43.2 Å². The molecule has 29 heavy (non-hydrogen) atoms. The number of aliphatic imine (C=N–C) groups is 1. The highest BCUT2D eigenvalue weighted by Gasteiger charge is 2.27. The van der Waals surface area contributed by atoms with Gasteiger partial charge in [-0.15, -0.1) is 0 Å². The van der Waals surface area contributed by atoms with Crippen molar-refractivity contribution in [1.29, 1.82) is 0 Å². The number of likely N-dealkylation sites (tertiary alicyclic amines) is 1. The Bertz CT molecular complexity index is 885. The molecule has 0 spiro atoms. The molecule has 1 aromatic heterocycles. The fraction of sp³-hybridized carbons (Fsp3) is 0.500. The second kappa shape index (κ2) is 8.68. The lowest BCUT2D eigenvalue weighted by Gasteiger charge is -2.24. The van der Waals surface area contributed by atoms with Gasteiger partial charge in [-0.05, 0) is 42.5 Å². The molecule has 154 valence electrons. The van der Waals surface area contributed by atoms with E-state index in [1.165, 1.54) is 12.0 Å². The molecule has 1 saturated heterocycles. The summed E-state index contributed by atoms with van der Waals surface area (Å²) in [7, 11) is 3.79. The first-order chi connectivity index (χ1) is 14.1. The van der Waals surface area contributed by atoms with Gasteiger partial charge >= 0.3 is 0 Å². The third-order valence-electron chi connectivity index (χ3n) is 6.02. The molecule has 1 unspecified atom stereocenters. The minimum Gasteiger partial charge on any atom is -0.352 e. The van der Waals surface area contributed by atoms with E-state index in [4.69, 9.17) is 0 Å². The van der Waals surface area contributed by atoms with Crippen LogP contribution in [0.1, 0.15) is 42.7 Å². The van der Waals surface area contributed by atoms with Gasteiger partial charge in [0.1, 0.15) is 0 Å². The summed E-state index contributed by atoms with van der Waals surface area (Å²) in [4.78, 5) is 19.0. The van der Waals surface area contributed by atoms with Crippen molar-refractivity contribution >= 4 is 17.6 Å². The Morgan fingerprint density at radius 2 is 2.17 bits per heavy atom. The van der Waals surface area contributed by atoms with E-state index in [9.17, 15) is 4.79 Å². The number of nitrogens with one attached hydrogen (secondary N) is 2. The van der Waals surface area contributed by atoms with Crippen LogP contribution in [0, 0.1) is 5.92 Å². The van der Waals surface area contributed by atoms with Crippen molar-refractivity contribution in [3.05, 3.63) is 47.8 Å². The lowest BCUT2D eigenvalue weighted by atomic mass is 9.85. The molecule has 1 aliphatic carbocycles. The van der Waals surface area contributed by atoms with Gasteiger partial charge in [-0.25, -0.2) is 0 Å². The number of guanidine groups is 1. The van der Waals surface area contributed by atoms with Crippen molar-refractivity contribution in [3.8, 4) is 0 Å². The number of aromatic nitrogens is 2. The number of hydrogen-bond donors (Lipinski definition) is 2. The summed E-state index contributed by atoms with van der Waals surface area (Å²) in [6, 6.07) is 8.05. The standard InChI is InChI=1S/C22H30N6O/c1-23-22(28-10-9-18(15-28)19-13-25-27(2)14-19)24-12-16-5-3-8-20(11-16)26-21(29)17-6-4-7-17/h3,5,8,11,13-14,17-18H,4,6-7,9-10,12,15H2,1-2H3,(H,23,24)(H,26,29). The van der Waals surface area contributed by atoms with Gasteiger partial charge in [0.25, 0.3) is 0 Å². The van der Waals surface area contributed by atoms with Crippen LogP contribution in [0.5, 0.6) is 0 Å². The number of hydrogen-bond acceptors (Lipinski definition) is 3. The van der Waals surface area contributed by atoms with Crippen LogP contribution in [0.25, 0.3) is 0 Å². The number of rotatable bonds is 5. The monoisotopic (exact) mass is 394 g/mol. The zero-order chi connectivity index (χ0) is 20.2. The molecule has 2 aliphatic rings. The Morgan fingerprint density at radius 3 is 2.86 bits per heavy atom. The maximum absolute atomic E-state index is 12.2. The number of carbonyl (C=O) groups excluding carboxylic acids is 1. The predicted octanol–water partition coefficient (Wildman–Crippen LogP) is 2.72. The van der Waals surface area contributed by atoms with Crippen LogP contribution in [0.3, 0.4) is 0 Å². The van der Waals surface area contributed by atoms with E-state index >= 15 is 0 Å². The molecule has 2 aromatic rings. The smallest absolute Gasteiger partial charge is 0.227 e. The summed E-state index contributed by atoms with van der Waals surface area (Å²) in [6.45, 7) is 2.60. The van der Waals surface area contributed by atoms with Crippen LogP contribution in [-0.4, -0.2) is 46.7 Å². The summed E-state index contributed by atoms with van der Waals surface area (Å²) in [5.41, 5.74) is 3.29. The van der Waals surface area contributed by atoms with E-state index in [1.54, 1.807) is 0 Å². The van der Waals surface area contributed by atoms with Gasteiger partial charge in [-0.3, -0.25) is 14.5 Å². The van der Waals surface area contributed by atoms with Gasteiger partial charge in [0.05, 0.1) is 6.20 Å². The topological polar surface area (TPSA) is 74.6 Å². The van der Waals surface area contributed by atoms with Crippen molar-refractivity contribution < 1.29 is 4.79 Å². The normalized spacial score (nSPS) is 19.9. The zero-order valence-corrected chi connectivity index (χ0v) is 17.3. The molecule has 2 heterocycles. The molecule has 4 rings (SSSR count). The highest BCUT2D eigenvalue weighted by Crippen LogP contribution is 2.28. The number of benzene rings is 1. The summed E-state index contributed by atoms with van der Waals surface area (Å²) in [5.74, 6) is 1.75. The number of aryl methyl sites for hydroxylation is 1. The Labute approximate surface area is 172 Å². The summed E-state index contributed by atoms with van der Waals surface area (Å²) >= 11 is 0. The quantitative estimate of drug-likeness (QED) is 0.604. The van der Waals surface area contributed by atoms with Crippen molar-refractivity contribution in [2.45, 2.75) is 38.1 Å². The highest BCUT2D eigenvalue weighted by atomic mass is 16.1. The van der Waals surface area contributed by atoms with Crippen LogP contribution in [0.15, 0.2) is 41.7 Å². The molecular formula is C22H30N6O. The van der Waals surface area contributed by atoms with Crippen LogP contribution in [0.4, 0.5) is 5.69 Å². The van der Waals surface area contributed by atoms with E-state index < -0.39 is 0 Å². The van der Waals surface area contributed by atoms with Crippen molar-refractivity contribution in [3.63, 3.8) is 0 Å². The molecule has 2 fully saturated rings. The Kier molecular flexibility index (Phi) is 5.83. The van der Waals surface area contributed by atoms with Crippen LogP contribution >= 0.6 is 0 Å². The molecule has 1 atom stereocenters. The Morgan fingerprint density at radius 1 is 1.31 bits per heavy atom. The maximum atomic E-state index is 12.2. The average Bonchev–Trinajstić information content (AvgIpc) is 3.30. The molecule has 2 N–H and O–H groups in total. The lowest BCUT2D eigenvalue weighted by Crippen LogP contribution is -2.39. The first-order valence-electron chi connectivity index (χ1n) is 10.5. The molecule has 7 nitrogen and oxygen atoms in total. The van der Waals surface area contributed by atoms with Crippen LogP contribution in [0.2, 0.25) is 0 Å². The first kappa shape index (κ1) is 19.5. The highest BCUT2D eigenvalue weighted by molar-refractivity contribution is 5.93. The number of carbonyl (C=O) groups is 1. The predicted molar refractivity (Wildman–Crippen MR) is 115 cm³/mol. The molecule has 1 saturated carbocycles. The third kappa shape index (κ3) is 4.60. The molecule has 1 aliphatic heterocycles. The fourth-order valence-electron chi connectivity index (χ4n) is 4.06. The third-order valence-corrected chi connectivity index (χ3v) is 6.02. The minimum atomic E-state index is 0.149. The van der Waals surface area contributed by atoms with Gasteiger partial charge < -0.3 is 15.5 Å². The zero-order valence-electron chi connectivity index (χ0n) is 17.3. The van der Waals surface area contributed by atoms with E-state index in [2.05, 4.69) is 37.9 Å². The molecule has 1 amide bonds. The van der Waals surface area contributed by atoms with Gasteiger partial charge in [-0.1, -0.05) is 18.6 Å². The van der Waals surface area contributed by atoms with E-state index in [0.717, 1.165) is 49.6 Å². The second-order valence-electron chi connectivity index (χ2n) is 8.10. The summed E-state index contributed by atoms with van der Waals surface area (Å²) < 4.78 is 1.86. The average molecular weight is 395 g/mol. The van der Waals surface area contributed by atoms with Crippen molar-refractivity contribution in [1.82, 2.24) is 20.0 Å². The van der Waals surface area contributed by atoms with E-state index in [-0.39, 0.29) is 11.8 Å². The molecule has 1 aromatic carbocycles. The molecule has 0 radical (unpaired) electrons. The number of nitrogens with zero attached hydrogens (tertiary/aromatic N) is 4. The Balaban J connectivity index is 1.32. The number of anilines is 1. The van der Waals surface area contributed by atoms with Gasteiger partial charge in [0.15, 0.2) is 5.96 Å². The number of amides is 1. The lowest BCUT2D eigenvalue weighted by molar-refractivity contribution is -0.122. The largest absolute Gasteiger partial charge is 0.352 e.